The highest BCUT2D eigenvalue weighted by Crippen LogP contribution is 2.27. The molecule has 100 valence electrons. The summed E-state index contributed by atoms with van der Waals surface area (Å²) in [7, 11) is 0. The Morgan fingerprint density at radius 3 is 1.88 bits per heavy atom. The number of alkyl halides is 1. The van der Waals surface area contributed by atoms with Gasteiger partial charge in [0.2, 0.25) is 0 Å². The van der Waals surface area contributed by atoms with Crippen molar-refractivity contribution in [1.82, 2.24) is 0 Å². The van der Waals surface area contributed by atoms with Gasteiger partial charge in [0.15, 0.2) is 0 Å². The highest BCUT2D eigenvalue weighted by molar-refractivity contribution is 14.1. The van der Waals surface area contributed by atoms with Crippen LogP contribution in [0.25, 0.3) is 0 Å². The van der Waals surface area contributed by atoms with Crippen molar-refractivity contribution >= 4 is 22.6 Å². The van der Waals surface area contributed by atoms with Crippen LogP contribution in [0, 0.1) is 24.2 Å². The number of terminal acetylenes is 1. The fourth-order valence-corrected chi connectivity index (χ4v) is 3.95. The smallest absolute Gasteiger partial charge is 0.141 e. The molecule has 0 heterocycles. The zero-order valence-electron chi connectivity index (χ0n) is 12.2. The first kappa shape index (κ1) is 17.2. The summed E-state index contributed by atoms with van der Waals surface area (Å²) in [6.45, 7) is 14.8. The van der Waals surface area contributed by atoms with Gasteiger partial charge in [-0.05, 0) is 34.9 Å². The van der Waals surface area contributed by atoms with Crippen LogP contribution >= 0.6 is 22.6 Å². The minimum atomic E-state index is 0.651. The molecule has 0 aliphatic rings. The fourth-order valence-electron chi connectivity index (χ4n) is 2.68. The summed E-state index contributed by atoms with van der Waals surface area (Å²) in [6, 6.07) is 0. The van der Waals surface area contributed by atoms with Crippen LogP contribution in [0.15, 0.2) is 0 Å². The molecule has 2 heteroatoms. The molecule has 0 rings (SSSR count). The van der Waals surface area contributed by atoms with Gasteiger partial charge in [0.25, 0.3) is 0 Å². The Kier molecular flexibility index (Phi) is 8.49. The monoisotopic (exact) mass is 350 g/mol. The zero-order chi connectivity index (χ0) is 13.5. The number of halogens is 1. The van der Waals surface area contributed by atoms with Crippen LogP contribution in [0.1, 0.15) is 47.5 Å². The van der Waals surface area contributed by atoms with Gasteiger partial charge in [-0.15, -0.1) is 6.42 Å². The quantitative estimate of drug-likeness (QED) is 0.201. The van der Waals surface area contributed by atoms with E-state index in [-0.39, 0.29) is 0 Å². The van der Waals surface area contributed by atoms with Crippen LogP contribution in [-0.4, -0.2) is 28.2 Å². The van der Waals surface area contributed by atoms with Crippen molar-refractivity contribution in [1.29, 1.82) is 0 Å². The van der Waals surface area contributed by atoms with Crippen molar-refractivity contribution < 1.29 is 4.48 Å². The van der Waals surface area contributed by atoms with Crippen molar-refractivity contribution in [2.75, 3.05) is 19.6 Å². The van der Waals surface area contributed by atoms with E-state index < -0.39 is 0 Å². The summed E-state index contributed by atoms with van der Waals surface area (Å²) in [5.41, 5.74) is 0. The van der Waals surface area contributed by atoms with Gasteiger partial charge in [-0.1, -0.05) is 34.6 Å². The summed E-state index contributed by atoms with van der Waals surface area (Å²) in [4.78, 5) is 0. The Morgan fingerprint density at radius 2 is 1.59 bits per heavy atom. The Hall–Kier alpha value is 0.250. The van der Waals surface area contributed by atoms with E-state index in [4.69, 9.17) is 6.42 Å². The average molecular weight is 350 g/mol. The minimum absolute atomic E-state index is 0.651. The van der Waals surface area contributed by atoms with Crippen molar-refractivity contribution in [3.05, 3.63) is 0 Å². The number of hydrogen-bond donors (Lipinski definition) is 0. The largest absolute Gasteiger partial charge is 0.303 e. The maximum Gasteiger partial charge on any atom is 0.141 e. The zero-order valence-corrected chi connectivity index (χ0v) is 14.3. The summed E-state index contributed by atoms with van der Waals surface area (Å²) in [6.07, 6.45) is 8.14. The van der Waals surface area contributed by atoms with E-state index in [0.29, 0.717) is 15.9 Å². The Morgan fingerprint density at radius 1 is 1.12 bits per heavy atom. The summed E-state index contributed by atoms with van der Waals surface area (Å²) >= 11 is 2.62. The summed E-state index contributed by atoms with van der Waals surface area (Å²) in [5.74, 6) is 4.34. The molecule has 0 radical (unpaired) electrons. The topological polar surface area (TPSA) is 0 Å². The predicted molar refractivity (Wildman–Crippen MR) is 86.1 cm³/mol. The van der Waals surface area contributed by atoms with Gasteiger partial charge in [-0.2, -0.15) is 0 Å². The highest BCUT2D eigenvalue weighted by atomic mass is 127. The SMILES string of the molecule is C#CC[N+](CC(C)C)(CC(C)C)C(I)CCC. The molecule has 0 aromatic rings. The molecular formula is C15H29IN+. The first-order valence-electron chi connectivity index (χ1n) is 6.81. The molecule has 1 atom stereocenters. The first-order valence-corrected chi connectivity index (χ1v) is 8.05. The van der Waals surface area contributed by atoms with E-state index in [9.17, 15) is 0 Å². The second-order valence-electron chi connectivity index (χ2n) is 5.96. The predicted octanol–water partition coefficient (Wildman–Crippen LogP) is 4.31. The molecule has 0 spiro atoms. The Bertz CT molecular complexity index is 230. The third-order valence-electron chi connectivity index (χ3n) is 2.98. The van der Waals surface area contributed by atoms with Crippen molar-refractivity contribution in [3.8, 4) is 12.3 Å². The highest BCUT2D eigenvalue weighted by Gasteiger charge is 2.35. The molecule has 1 unspecified atom stereocenters. The lowest BCUT2D eigenvalue weighted by molar-refractivity contribution is -0.933. The molecule has 0 aliphatic heterocycles. The minimum Gasteiger partial charge on any atom is -0.303 e. The summed E-state index contributed by atoms with van der Waals surface area (Å²) < 4.78 is 1.75. The molecule has 0 saturated carbocycles. The molecule has 0 amide bonds. The lowest BCUT2D eigenvalue weighted by Crippen LogP contribution is -2.56. The number of rotatable bonds is 8. The van der Waals surface area contributed by atoms with Crippen molar-refractivity contribution in [3.63, 3.8) is 0 Å². The maximum atomic E-state index is 5.63. The van der Waals surface area contributed by atoms with Gasteiger partial charge < -0.3 is 4.48 Å². The van der Waals surface area contributed by atoms with E-state index in [1.165, 1.54) is 25.9 Å². The van der Waals surface area contributed by atoms with Crippen molar-refractivity contribution in [2.45, 2.75) is 51.5 Å². The molecule has 0 fully saturated rings. The van der Waals surface area contributed by atoms with Crippen LogP contribution in [0.4, 0.5) is 0 Å². The number of quaternary nitrogens is 1. The van der Waals surface area contributed by atoms with Crippen LogP contribution in [0.3, 0.4) is 0 Å². The third-order valence-corrected chi connectivity index (χ3v) is 4.79. The van der Waals surface area contributed by atoms with Crippen LogP contribution < -0.4 is 0 Å². The third kappa shape index (κ3) is 6.10. The van der Waals surface area contributed by atoms with Gasteiger partial charge in [-0.25, -0.2) is 0 Å². The molecule has 0 aromatic heterocycles. The van der Waals surface area contributed by atoms with Gasteiger partial charge in [0.1, 0.15) is 10.6 Å². The molecule has 0 bridgehead atoms. The maximum absolute atomic E-state index is 5.63. The van der Waals surface area contributed by atoms with Crippen LogP contribution in [0.2, 0.25) is 0 Å². The Balaban J connectivity index is 5.00. The van der Waals surface area contributed by atoms with E-state index in [1.54, 1.807) is 0 Å². The molecule has 0 saturated heterocycles. The van der Waals surface area contributed by atoms with Crippen LogP contribution in [-0.2, 0) is 0 Å². The second-order valence-corrected chi connectivity index (χ2v) is 7.39. The normalized spacial score (nSPS) is 14.1. The average Bonchev–Trinajstić information content (AvgIpc) is 2.15. The van der Waals surface area contributed by atoms with Gasteiger partial charge in [-0.3, -0.25) is 0 Å². The van der Waals surface area contributed by atoms with E-state index >= 15 is 0 Å². The van der Waals surface area contributed by atoms with E-state index in [1.807, 2.05) is 0 Å². The molecule has 1 nitrogen and oxygen atoms in total. The van der Waals surface area contributed by atoms with E-state index in [2.05, 4.69) is 63.1 Å². The van der Waals surface area contributed by atoms with E-state index in [0.717, 1.165) is 11.0 Å². The molecule has 0 aliphatic carbocycles. The second kappa shape index (κ2) is 8.37. The standard InChI is InChI=1S/C15H29IN/c1-7-9-15(16)17(10-8-2,11-13(3)4)12-14(5)6/h2,13-15H,7,9-12H2,1,3-6H3/q+1. The van der Waals surface area contributed by atoms with Crippen LogP contribution in [0.5, 0.6) is 0 Å². The molecule has 0 N–H and O–H groups in total. The van der Waals surface area contributed by atoms with Crippen molar-refractivity contribution in [2.24, 2.45) is 11.8 Å². The lowest BCUT2D eigenvalue weighted by Gasteiger charge is -2.43. The number of hydrogen-bond acceptors (Lipinski definition) is 0. The molecule has 17 heavy (non-hydrogen) atoms. The molecular weight excluding hydrogens is 321 g/mol. The van der Waals surface area contributed by atoms with Gasteiger partial charge in [0, 0.05) is 18.3 Å². The fraction of sp³-hybridized carbons (Fsp3) is 0.867. The first-order chi connectivity index (χ1) is 7.88. The lowest BCUT2D eigenvalue weighted by atomic mass is 10.1. The summed E-state index contributed by atoms with van der Waals surface area (Å²) in [5, 5.41) is 0. The van der Waals surface area contributed by atoms with Gasteiger partial charge in [0.05, 0.1) is 13.1 Å². The number of nitrogens with zero attached hydrogens (tertiary/aromatic N) is 1. The van der Waals surface area contributed by atoms with Gasteiger partial charge >= 0.3 is 0 Å². The Labute approximate surface area is 122 Å². The molecule has 0 aromatic carbocycles.